The van der Waals surface area contributed by atoms with Crippen LogP contribution in [0.5, 0.6) is 0 Å². The van der Waals surface area contributed by atoms with Gasteiger partial charge in [-0.3, -0.25) is 0 Å². The third kappa shape index (κ3) is 16.3. The summed E-state index contributed by atoms with van der Waals surface area (Å²) in [6.07, 6.45) is 3.72. The lowest BCUT2D eigenvalue weighted by Gasteiger charge is -1.76. The Balaban J connectivity index is -0.0000000900. The van der Waals surface area contributed by atoms with Gasteiger partial charge in [-0.05, 0) is 19.0 Å². The lowest BCUT2D eigenvalue weighted by atomic mass is 10.4. The van der Waals surface area contributed by atoms with Crippen molar-refractivity contribution >= 4 is 49.3 Å². The normalized spacial score (nSPS) is 13.8. The van der Waals surface area contributed by atoms with Crippen LogP contribution in [0.2, 0.25) is 0 Å². The van der Waals surface area contributed by atoms with E-state index in [9.17, 15) is 0 Å². The highest BCUT2D eigenvalue weighted by atomic mass is 79.9. The van der Waals surface area contributed by atoms with Crippen molar-refractivity contribution in [1.82, 2.24) is 0 Å². The van der Waals surface area contributed by atoms with E-state index in [2.05, 4.69) is 16.2 Å². The molecule has 4 heteroatoms. The summed E-state index contributed by atoms with van der Waals surface area (Å²) in [5.74, 6) is 0. The van der Waals surface area contributed by atoms with Gasteiger partial charge in [0.15, 0.2) is 0 Å². The molecule has 0 aromatic rings. The molecule has 0 saturated carbocycles. The maximum atomic E-state index is 4.94. The van der Waals surface area contributed by atoms with Gasteiger partial charge in [-0.15, -0.1) is 26.2 Å². The lowest BCUT2D eigenvalue weighted by Crippen LogP contribution is -1.74. The van der Waals surface area contributed by atoms with Crippen LogP contribution >= 0.6 is 26.2 Å². The van der Waals surface area contributed by atoms with Crippen LogP contribution in [0.25, 0.3) is 0 Å². The number of hydrogen-bond donors (Lipinski definition) is 0. The number of rotatable bonds is 0. The molecule has 0 radical (unpaired) electrons. The van der Waals surface area contributed by atoms with Crippen molar-refractivity contribution in [3.8, 4) is 0 Å². The van der Waals surface area contributed by atoms with Gasteiger partial charge in [0.2, 0.25) is 0 Å². The fraction of sp³-hybridized carbons (Fsp3) is 1.00. The molecule has 1 heterocycles. The maximum Gasteiger partial charge on any atom is 0.316 e. The third-order valence-electron chi connectivity index (χ3n) is 0.827. The van der Waals surface area contributed by atoms with E-state index >= 15 is 0 Å². The SMILES string of the molecule is Br.C1CCOC1.CCP.[MgH2]. The molecule has 1 aliphatic rings. The smallest absolute Gasteiger partial charge is 0.316 e. The molecular formula is C6H18BrMgOP. The highest BCUT2D eigenvalue weighted by Gasteiger charge is 1.94. The van der Waals surface area contributed by atoms with E-state index in [1.807, 2.05) is 0 Å². The van der Waals surface area contributed by atoms with Crippen LogP contribution in [0.15, 0.2) is 0 Å². The first kappa shape index (κ1) is 17.6. The van der Waals surface area contributed by atoms with E-state index in [0.717, 1.165) is 13.2 Å². The second-order valence-electron chi connectivity index (χ2n) is 1.73. The summed E-state index contributed by atoms with van der Waals surface area (Å²) in [4.78, 5) is 0. The van der Waals surface area contributed by atoms with E-state index in [4.69, 9.17) is 4.74 Å². The zero-order valence-electron chi connectivity index (χ0n) is 5.93. The topological polar surface area (TPSA) is 9.23 Å². The molecule has 10 heavy (non-hydrogen) atoms. The molecule has 1 atom stereocenters. The molecule has 1 rings (SSSR count). The predicted octanol–water partition coefficient (Wildman–Crippen LogP) is 1.34. The first-order chi connectivity index (χ1) is 3.91. The fourth-order valence-electron chi connectivity index (χ4n) is 0.510. The summed E-state index contributed by atoms with van der Waals surface area (Å²) in [6, 6.07) is 0. The molecule has 0 N–H and O–H groups in total. The Morgan fingerprint density at radius 2 is 1.60 bits per heavy atom. The molecule has 1 unspecified atom stereocenters. The van der Waals surface area contributed by atoms with Crippen molar-refractivity contribution < 1.29 is 4.74 Å². The maximum absolute atomic E-state index is 4.94. The Bertz CT molecular complexity index is 37.1. The fourth-order valence-corrected chi connectivity index (χ4v) is 0.510. The van der Waals surface area contributed by atoms with Gasteiger partial charge in [0.1, 0.15) is 0 Å². The Labute approximate surface area is 92.8 Å². The summed E-state index contributed by atoms with van der Waals surface area (Å²) in [7, 11) is 2.58. The molecule has 62 valence electrons. The van der Waals surface area contributed by atoms with E-state index < -0.39 is 0 Å². The highest BCUT2D eigenvalue weighted by molar-refractivity contribution is 8.93. The van der Waals surface area contributed by atoms with Crippen LogP contribution in [0.4, 0.5) is 0 Å². The van der Waals surface area contributed by atoms with Gasteiger partial charge in [0, 0.05) is 13.2 Å². The van der Waals surface area contributed by atoms with Crippen LogP contribution in [-0.4, -0.2) is 42.4 Å². The molecule has 1 aliphatic heterocycles. The van der Waals surface area contributed by atoms with Gasteiger partial charge < -0.3 is 4.74 Å². The standard InChI is InChI=1S/C4H8O.C2H7P.BrH.Mg.2H/c1-2-4-5-3-1;1-2-3;;;;/h1-4H2;2-3H2,1H3;1H;;;. The number of ether oxygens (including phenoxy) is 1. The molecule has 0 amide bonds. The summed E-state index contributed by atoms with van der Waals surface area (Å²) in [5, 5.41) is 0. The molecular weight excluding hydrogens is 223 g/mol. The molecule has 0 aromatic heterocycles. The van der Waals surface area contributed by atoms with Crippen LogP contribution < -0.4 is 0 Å². The molecule has 1 fully saturated rings. The second kappa shape index (κ2) is 16.9. The number of hydrogen-bond acceptors (Lipinski definition) is 1. The summed E-state index contributed by atoms with van der Waals surface area (Å²) >= 11 is 0. The van der Waals surface area contributed by atoms with E-state index in [1.54, 1.807) is 0 Å². The molecule has 0 aliphatic carbocycles. The Hall–Kier alpha value is 1.64. The van der Waals surface area contributed by atoms with Gasteiger partial charge >= 0.3 is 23.1 Å². The van der Waals surface area contributed by atoms with Gasteiger partial charge in [0.25, 0.3) is 0 Å². The van der Waals surface area contributed by atoms with Gasteiger partial charge in [-0.1, -0.05) is 6.92 Å². The Morgan fingerprint density at radius 1 is 1.30 bits per heavy atom. The van der Waals surface area contributed by atoms with E-state index in [-0.39, 0.29) is 40.0 Å². The zero-order valence-corrected chi connectivity index (χ0v) is 8.80. The van der Waals surface area contributed by atoms with Gasteiger partial charge in [0.05, 0.1) is 0 Å². The Morgan fingerprint density at radius 3 is 1.70 bits per heavy atom. The average Bonchev–Trinajstić information content (AvgIpc) is 2.17. The molecule has 1 saturated heterocycles. The van der Waals surface area contributed by atoms with E-state index in [0.29, 0.717) is 0 Å². The van der Waals surface area contributed by atoms with Crippen molar-refractivity contribution in [2.24, 2.45) is 0 Å². The lowest BCUT2D eigenvalue weighted by molar-refractivity contribution is 0.198. The highest BCUT2D eigenvalue weighted by Crippen LogP contribution is 1.98. The van der Waals surface area contributed by atoms with Crippen LogP contribution in [0.3, 0.4) is 0 Å². The monoisotopic (exact) mass is 240 g/mol. The number of halogens is 1. The summed E-state index contributed by atoms with van der Waals surface area (Å²) < 4.78 is 4.94. The van der Waals surface area contributed by atoms with Gasteiger partial charge in [-0.25, -0.2) is 0 Å². The Kier molecular flexibility index (Phi) is 29.9. The predicted molar refractivity (Wildman–Crippen MR) is 59.2 cm³/mol. The first-order valence-electron chi connectivity index (χ1n) is 3.19. The van der Waals surface area contributed by atoms with Crippen molar-refractivity contribution in [2.75, 3.05) is 19.4 Å². The minimum atomic E-state index is 0. The van der Waals surface area contributed by atoms with Crippen molar-refractivity contribution in [2.45, 2.75) is 19.8 Å². The van der Waals surface area contributed by atoms with Gasteiger partial charge in [-0.2, -0.15) is 0 Å². The van der Waals surface area contributed by atoms with Crippen LogP contribution in [-0.2, 0) is 4.74 Å². The van der Waals surface area contributed by atoms with Crippen molar-refractivity contribution in [3.63, 3.8) is 0 Å². The minimum absolute atomic E-state index is 0. The third-order valence-corrected chi connectivity index (χ3v) is 0.827. The molecule has 1 nitrogen and oxygen atoms in total. The average molecular weight is 241 g/mol. The zero-order chi connectivity index (χ0) is 6.24. The van der Waals surface area contributed by atoms with Crippen molar-refractivity contribution in [3.05, 3.63) is 0 Å². The van der Waals surface area contributed by atoms with Crippen LogP contribution in [0.1, 0.15) is 19.8 Å². The summed E-state index contributed by atoms with van der Waals surface area (Å²) in [5.41, 5.74) is 0. The quantitative estimate of drug-likeness (QED) is 0.459. The molecule has 0 aromatic carbocycles. The molecule has 0 bridgehead atoms. The first-order valence-corrected chi connectivity index (χ1v) is 4.01. The van der Waals surface area contributed by atoms with Crippen molar-refractivity contribution in [1.29, 1.82) is 0 Å². The minimum Gasteiger partial charge on any atom is -0.381 e. The largest absolute Gasteiger partial charge is 0.381 e. The summed E-state index contributed by atoms with van der Waals surface area (Å²) in [6.45, 7) is 4.09. The van der Waals surface area contributed by atoms with Crippen LogP contribution in [0, 0.1) is 0 Å². The van der Waals surface area contributed by atoms with E-state index in [1.165, 1.54) is 19.0 Å². The second-order valence-corrected chi connectivity index (χ2v) is 2.54. The molecule has 0 spiro atoms.